The van der Waals surface area contributed by atoms with E-state index < -0.39 is 6.10 Å². The molecule has 76 valence electrons. The summed E-state index contributed by atoms with van der Waals surface area (Å²) in [6, 6.07) is 7.67. The second kappa shape index (κ2) is 5.18. The zero-order valence-electron chi connectivity index (χ0n) is 8.50. The zero-order chi connectivity index (χ0) is 10.6. The summed E-state index contributed by atoms with van der Waals surface area (Å²) in [6.45, 7) is 3.83. The van der Waals surface area contributed by atoms with E-state index in [0.29, 0.717) is 0 Å². The summed E-state index contributed by atoms with van der Waals surface area (Å²) in [6.07, 6.45) is 2.37. The number of aliphatic hydroxyl groups is 1. The SMILES string of the molecule is CC/C(=C/C(C)O)c1ccc(Cl)cc1. The van der Waals surface area contributed by atoms with E-state index in [1.54, 1.807) is 6.92 Å². The van der Waals surface area contributed by atoms with Crippen molar-refractivity contribution in [3.8, 4) is 0 Å². The average molecular weight is 211 g/mol. The molecule has 0 spiro atoms. The number of aliphatic hydroxyl groups excluding tert-OH is 1. The average Bonchev–Trinajstić information content (AvgIpc) is 2.15. The number of allylic oxidation sites excluding steroid dienone is 1. The van der Waals surface area contributed by atoms with Crippen LogP contribution in [0.1, 0.15) is 25.8 Å². The molecule has 0 heterocycles. The molecule has 1 aromatic carbocycles. The minimum absolute atomic E-state index is 0.402. The minimum atomic E-state index is -0.402. The van der Waals surface area contributed by atoms with Gasteiger partial charge < -0.3 is 5.11 Å². The highest BCUT2D eigenvalue weighted by atomic mass is 35.5. The van der Waals surface area contributed by atoms with Gasteiger partial charge in [-0.25, -0.2) is 0 Å². The van der Waals surface area contributed by atoms with Gasteiger partial charge in [0, 0.05) is 5.02 Å². The summed E-state index contributed by atoms with van der Waals surface area (Å²) >= 11 is 5.80. The number of benzene rings is 1. The molecule has 0 saturated heterocycles. The van der Waals surface area contributed by atoms with Crippen molar-refractivity contribution in [2.24, 2.45) is 0 Å². The van der Waals surface area contributed by atoms with Crippen LogP contribution in [0, 0.1) is 0 Å². The molecule has 1 rings (SSSR count). The third kappa shape index (κ3) is 3.17. The first kappa shape index (κ1) is 11.3. The smallest absolute Gasteiger partial charge is 0.0698 e. The maximum atomic E-state index is 9.27. The van der Waals surface area contributed by atoms with Gasteiger partial charge in [-0.2, -0.15) is 0 Å². The summed E-state index contributed by atoms with van der Waals surface area (Å²) in [4.78, 5) is 0. The van der Waals surface area contributed by atoms with E-state index in [0.717, 1.165) is 22.6 Å². The molecule has 14 heavy (non-hydrogen) atoms. The maximum absolute atomic E-state index is 9.27. The Morgan fingerprint density at radius 2 is 2.00 bits per heavy atom. The Balaban J connectivity index is 2.95. The van der Waals surface area contributed by atoms with Crippen molar-refractivity contribution in [1.29, 1.82) is 0 Å². The highest BCUT2D eigenvalue weighted by molar-refractivity contribution is 6.30. The van der Waals surface area contributed by atoms with Crippen LogP contribution in [-0.4, -0.2) is 11.2 Å². The van der Waals surface area contributed by atoms with Crippen molar-refractivity contribution in [2.75, 3.05) is 0 Å². The summed E-state index contributed by atoms with van der Waals surface area (Å²) < 4.78 is 0. The predicted octanol–water partition coefficient (Wildman–Crippen LogP) is 3.51. The Hall–Kier alpha value is -0.790. The first-order valence-electron chi connectivity index (χ1n) is 4.78. The quantitative estimate of drug-likeness (QED) is 0.810. The van der Waals surface area contributed by atoms with Crippen LogP contribution < -0.4 is 0 Å². The largest absolute Gasteiger partial charge is 0.389 e. The Bertz CT molecular complexity index is 312. The second-order valence-electron chi connectivity index (χ2n) is 3.29. The summed E-state index contributed by atoms with van der Waals surface area (Å²) in [5.74, 6) is 0. The molecule has 1 atom stereocenters. The fourth-order valence-corrected chi connectivity index (χ4v) is 1.50. The first-order valence-corrected chi connectivity index (χ1v) is 5.16. The third-order valence-electron chi connectivity index (χ3n) is 2.04. The van der Waals surface area contributed by atoms with Crippen LogP contribution in [0.25, 0.3) is 5.57 Å². The Kier molecular flexibility index (Phi) is 4.18. The van der Waals surface area contributed by atoms with Gasteiger partial charge in [0.25, 0.3) is 0 Å². The van der Waals surface area contributed by atoms with Crippen molar-refractivity contribution < 1.29 is 5.11 Å². The van der Waals surface area contributed by atoms with Crippen LogP contribution in [0.15, 0.2) is 30.3 Å². The van der Waals surface area contributed by atoms with Gasteiger partial charge in [0.15, 0.2) is 0 Å². The van der Waals surface area contributed by atoms with Gasteiger partial charge in [-0.15, -0.1) is 0 Å². The van der Waals surface area contributed by atoms with E-state index in [-0.39, 0.29) is 0 Å². The molecule has 0 radical (unpaired) electrons. The van der Waals surface area contributed by atoms with Crippen molar-refractivity contribution in [1.82, 2.24) is 0 Å². The number of hydrogen-bond acceptors (Lipinski definition) is 1. The van der Waals surface area contributed by atoms with E-state index in [1.165, 1.54) is 0 Å². The van der Waals surface area contributed by atoms with Crippen LogP contribution in [0.5, 0.6) is 0 Å². The fourth-order valence-electron chi connectivity index (χ4n) is 1.37. The highest BCUT2D eigenvalue weighted by Gasteiger charge is 2.00. The van der Waals surface area contributed by atoms with Gasteiger partial charge in [-0.05, 0) is 36.6 Å². The first-order chi connectivity index (χ1) is 6.63. The normalized spacial score (nSPS) is 14.1. The molecular weight excluding hydrogens is 196 g/mol. The second-order valence-corrected chi connectivity index (χ2v) is 3.73. The summed E-state index contributed by atoms with van der Waals surface area (Å²) in [5.41, 5.74) is 2.27. The van der Waals surface area contributed by atoms with Crippen molar-refractivity contribution in [3.05, 3.63) is 40.9 Å². The van der Waals surface area contributed by atoms with Gasteiger partial charge in [0.05, 0.1) is 6.10 Å². The van der Waals surface area contributed by atoms with E-state index in [4.69, 9.17) is 11.6 Å². The molecular formula is C12H15ClO. The molecule has 0 fully saturated rings. The summed E-state index contributed by atoms with van der Waals surface area (Å²) in [5, 5.41) is 10.0. The lowest BCUT2D eigenvalue weighted by atomic mass is 10.0. The monoisotopic (exact) mass is 210 g/mol. The molecule has 0 amide bonds. The Morgan fingerprint density at radius 3 is 2.43 bits per heavy atom. The highest BCUT2D eigenvalue weighted by Crippen LogP contribution is 2.20. The van der Waals surface area contributed by atoms with Crippen molar-refractivity contribution in [2.45, 2.75) is 26.4 Å². The van der Waals surface area contributed by atoms with Crippen LogP contribution in [-0.2, 0) is 0 Å². The zero-order valence-corrected chi connectivity index (χ0v) is 9.25. The number of rotatable bonds is 3. The predicted molar refractivity (Wildman–Crippen MR) is 61.4 cm³/mol. The minimum Gasteiger partial charge on any atom is -0.389 e. The van der Waals surface area contributed by atoms with Crippen LogP contribution in [0.4, 0.5) is 0 Å². The molecule has 1 nitrogen and oxygen atoms in total. The Labute approximate surface area is 90.0 Å². The molecule has 0 bridgehead atoms. The lowest BCUT2D eigenvalue weighted by Gasteiger charge is -2.06. The summed E-state index contributed by atoms with van der Waals surface area (Å²) in [7, 11) is 0. The van der Waals surface area contributed by atoms with E-state index in [2.05, 4.69) is 6.92 Å². The standard InChI is InChI=1S/C12H15ClO/c1-3-10(8-9(2)14)11-4-6-12(13)7-5-11/h4-9,14H,3H2,1-2H3/b10-8-. The topological polar surface area (TPSA) is 20.2 Å². The molecule has 1 N–H and O–H groups in total. The maximum Gasteiger partial charge on any atom is 0.0698 e. The molecule has 1 aromatic rings. The fraction of sp³-hybridized carbons (Fsp3) is 0.333. The molecule has 0 aliphatic carbocycles. The van der Waals surface area contributed by atoms with Crippen LogP contribution in [0.3, 0.4) is 0 Å². The molecule has 0 aromatic heterocycles. The van der Waals surface area contributed by atoms with Gasteiger partial charge in [0.1, 0.15) is 0 Å². The van der Waals surface area contributed by atoms with Gasteiger partial charge in [0.2, 0.25) is 0 Å². The molecule has 2 heteroatoms. The van der Waals surface area contributed by atoms with E-state index in [1.807, 2.05) is 30.3 Å². The lowest BCUT2D eigenvalue weighted by molar-refractivity contribution is 0.244. The van der Waals surface area contributed by atoms with Gasteiger partial charge in [-0.1, -0.05) is 36.7 Å². The lowest BCUT2D eigenvalue weighted by Crippen LogP contribution is -1.95. The van der Waals surface area contributed by atoms with E-state index in [9.17, 15) is 5.11 Å². The number of hydrogen-bond donors (Lipinski definition) is 1. The van der Waals surface area contributed by atoms with Crippen molar-refractivity contribution >= 4 is 17.2 Å². The molecule has 1 unspecified atom stereocenters. The Morgan fingerprint density at radius 1 is 1.43 bits per heavy atom. The van der Waals surface area contributed by atoms with Gasteiger partial charge >= 0.3 is 0 Å². The van der Waals surface area contributed by atoms with Crippen molar-refractivity contribution in [3.63, 3.8) is 0 Å². The van der Waals surface area contributed by atoms with Crippen LogP contribution >= 0.6 is 11.6 Å². The van der Waals surface area contributed by atoms with E-state index >= 15 is 0 Å². The van der Waals surface area contributed by atoms with Crippen LogP contribution in [0.2, 0.25) is 5.02 Å². The number of halogens is 1. The van der Waals surface area contributed by atoms with Gasteiger partial charge in [-0.3, -0.25) is 0 Å². The third-order valence-corrected chi connectivity index (χ3v) is 2.29. The molecule has 0 aliphatic rings. The molecule has 0 saturated carbocycles. The molecule has 0 aliphatic heterocycles.